The van der Waals surface area contributed by atoms with Crippen molar-refractivity contribution >= 4 is 0 Å². The summed E-state index contributed by atoms with van der Waals surface area (Å²) in [5, 5.41) is 0. The molecule has 76 valence electrons. The quantitative estimate of drug-likeness (QED) is 0.586. The number of hydrogen-bond donors (Lipinski definition) is 0. The van der Waals surface area contributed by atoms with E-state index in [1.54, 1.807) is 6.08 Å². The molecule has 0 aromatic rings. The fourth-order valence-electron chi connectivity index (χ4n) is 0.973. The van der Waals surface area contributed by atoms with Crippen LogP contribution < -0.4 is 0 Å². The predicted octanol–water partition coefficient (Wildman–Crippen LogP) is 4.24. The third-order valence-corrected chi connectivity index (χ3v) is 1.69. The zero-order valence-electron chi connectivity index (χ0n) is 8.20. The molecule has 0 spiro atoms. The van der Waals surface area contributed by atoms with Gasteiger partial charge in [-0.2, -0.15) is 13.2 Å². The van der Waals surface area contributed by atoms with Crippen LogP contribution in [0.4, 0.5) is 13.2 Å². The van der Waals surface area contributed by atoms with Crippen LogP contribution >= 0.6 is 0 Å². The minimum absolute atomic E-state index is 0.774. The van der Waals surface area contributed by atoms with E-state index in [-0.39, 0.29) is 0 Å². The summed E-state index contributed by atoms with van der Waals surface area (Å²) in [5.41, 5.74) is 2.05. The minimum Gasteiger partial charge on any atom is -0.171 e. The Morgan fingerprint density at radius 3 is 2.08 bits per heavy atom. The van der Waals surface area contributed by atoms with Gasteiger partial charge in [-0.25, -0.2) is 0 Å². The number of allylic oxidation sites excluding steroid dienone is 4. The van der Waals surface area contributed by atoms with Gasteiger partial charge in [-0.05, 0) is 25.8 Å². The molecule has 0 radical (unpaired) electrons. The molecular formula is C10H15F3. The summed E-state index contributed by atoms with van der Waals surface area (Å²) in [4.78, 5) is 0. The summed E-state index contributed by atoms with van der Waals surface area (Å²) in [7, 11) is 0. The number of hydrogen-bond acceptors (Lipinski definition) is 0. The molecule has 0 heterocycles. The lowest BCUT2D eigenvalue weighted by Crippen LogP contribution is -2.04. The second-order valence-electron chi connectivity index (χ2n) is 3.10. The molecule has 0 unspecified atom stereocenters. The van der Waals surface area contributed by atoms with E-state index in [1.807, 2.05) is 20.8 Å². The lowest BCUT2D eigenvalue weighted by Gasteiger charge is -2.02. The van der Waals surface area contributed by atoms with Gasteiger partial charge in [0.15, 0.2) is 0 Å². The molecule has 3 heteroatoms. The van der Waals surface area contributed by atoms with Gasteiger partial charge in [0.1, 0.15) is 0 Å². The Morgan fingerprint density at radius 2 is 1.77 bits per heavy atom. The summed E-state index contributed by atoms with van der Waals surface area (Å²) in [6.07, 6.45) is -1.42. The van der Waals surface area contributed by atoms with Crippen molar-refractivity contribution in [2.24, 2.45) is 0 Å². The second kappa shape index (κ2) is 5.10. The van der Waals surface area contributed by atoms with Crippen molar-refractivity contribution in [2.75, 3.05) is 0 Å². The zero-order chi connectivity index (χ0) is 10.5. The molecule has 0 amide bonds. The van der Waals surface area contributed by atoms with Crippen LogP contribution in [-0.2, 0) is 0 Å². The highest BCUT2D eigenvalue weighted by atomic mass is 19.4. The van der Waals surface area contributed by atoms with Crippen LogP contribution in [-0.4, -0.2) is 6.18 Å². The molecule has 13 heavy (non-hydrogen) atoms. The normalized spacial score (nSPS) is 12.2. The largest absolute Gasteiger partial charge is 0.392 e. The highest BCUT2D eigenvalue weighted by Gasteiger charge is 2.24. The average Bonchev–Trinajstić information content (AvgIpc) is 1.95. The van der Waals surface area contributed by atoms with Crippen LogP contribution in [0.15, 0.2) is 23.3 Å². The van der Waals surface area contributed by atoms with E-state index < -0.39 is 12.6 Å². The predicted molar refractivity (Wildman–Crippen MR) is 48.5 cm³/mol. The number of halogens is 3. The summed E-state index contributed by atoms with van der Waals surface area (Å²) in [6, 6.07) is 0. The molecule has 0 bridgehead atoms. The van der Waals surface area contributed by atoms with Gasteiger partial charge in [0.05, 0.1) is 6.42 Å². The van der Waals surface area contributed by atoms with E-state index in [4.69, 9.17) is 0 Å². The highest BCUT2D eigenvalue weighted by molar-refractivity contribution is 5.22. The Labute approximate surface area is 77.1 Å². The maximum absolute atomic E-state index is 11.7. The van der Waals surface area contributed by atoms with Gasteiger partial charge in [-0.1, -0.05) is 24.6 Å². The van der Waals surface area contributed by atoms with Gasteiger partial charge in [-0.15, -0.1) is 0 Å². The van der Waals surface area contributed by atoms with Gasteiger partial charge >= 0.3 is 6.18 Å². The summed E-state index contributed by atoms with van der Waals surface area (Å²) in [6.45, 7) is 5.73. The van der Waals surface area contributed by atoms with E-state index in [0.29, 0.717) is 0 Å². The topological polar surface area (TPSA) is 0 Å². The summed E-state index contributed by atoms with van der Waals surface area (Å²) < 4.78 is 35.2. The third-order valence-electron chi connectivity index (χ3n) is 1.69. The Kier molecular flexibility index (Phi) is 4.81. The van der Waals surface area contributed by atoms with Crippen molar-refractivity contribution in [2.45, 2.75) is 39.8 Å². The lowest BCUT2D eigenvalue weighted by atomic mass is 10.1. The minimum atomic E-state index is -4.09. The molecule has 0 fully saturated rings. The van der Waals surface area contributed by atoms with Crippen molar-refractivity contribution in [3.63, 3.8) is 0 Å². The average molecular weight is 192 g/mol. The molecular weight excluding hydrogens is 177 g/mol. The molecule has 0 nitrogen and oxygen atoms in total. The van der Waals surface area contributed by atoms with Crippen LogP contribution in [0.2, 0.25) is 0 Å². The van der Waals surface area contributed by atoms with E-state index >= 15 is 0 Å². The van der Waals surface area contributed by atoms with Crippen molar-refractivity contribution in [1.29, 1.82) is 0 Å². The molecule has 0 atom stereocenters. The smallest absolute Gasteiger partial charge is 0.171 e. The van der Waals surface area contributed by atoms with Gasteiger partial charge < -0.3 is 0 Å². The molecule has 0 aromatic carbocycles. The Bertz CT molecular complexity index is 205. The zero-order valence-corrected chi connectivity index (χ0v) is 8.20. The standard InChI is InChI=1S/C10H15F3/c1-4-9(8(2)3)6-5-7-10(11,12)13/h5-6H,4,7H2,1-3H3/b6-5-. The van der Waals surface area contributed by atoms with Crippen molar-refractivity contribution < 1.29 is 13.2 Å². The maximum Gasteiger partial charge on any atom is 0.392 e. The first-order chi connectivity index (χ1) is 5.87. The Hall–Kier alpha value is -0.730. The highest BCUT2D eigenvalue weighted by Crippen LogP contribution is 2.20. The fraction of sp³-hybridized carbons (Fsp3) is 0.600. The summed E-state index contributed by atoms with van der Waals surface area (Å²) >= 11 is 0. The molecule has 0 rings (SSSR count). The Morgan fingerprint density at radius 1 is 1.23 bits per heavy atom. The van der Waals surface area contributed by atoms with Crippen molar-refractivity contribution in [1.82, 2.24) is 0 Å². The lowest BCUT2D eigenvalue weighted by molar-refractivity contribution is -0.125. The molecule has 0 saturated carbocycles. The van der Waals surface area contributed by atoms with E-state index in [2.05, 4.69) is 0 Å². The molecule has 0 aromatic heterocycles. The van der Waals surface area contributed by atoms with Crippen LogP contribution in [0.1, 0.15) is 33.6 Å². The van der Waals surface area contributed by atoms with Gasteiger partial charge in [0, 0.05) is 0 Å². The monoisotopic (exact) mass is 192 g/mol. The number of rotatable bonds is 3. The van der Waals surface area contributed by atoms with Crippen LogP contribution in [0.3, 0.4) is 0 Å². The maximum atomic E-state index is 11.7. The van der Waals surface area contributed by atoms with Crippen molar-refractivity contribution in [3.8, 4) is 0 Å². The van der Waals surface area contributed by atoms with Crippen LogP contribution in [0, 0.1) is 0 Å². The first-order valence-electron chi connectivity index (χ1n) is 4.26. The van der Waals surface area contributed by atoms with Crippen LogP contribution in [0.5, 0.6) is 0 Å². The fourth-order valence-corrected chi connectivity index (χ4v) is 0.973. The summed E-state index contributed by atoms with van der Waals surface area (Å²) in [5.74, 6) is 0. The second-order valence-corrected chi connectivity index (χ2v) is 3.10. The molecule has 0 N–H and O–H groups in total. The first kappa shape index (κ1) is 12.3. The Balaban J connectivity index is 4.20. The molecule has 0 saturated heterocycles. The van der Waals surface area contributed by atoms with E-state index in [9.17, 15) is 13.2 Å². The first-order valence-corrected chi connectivity index (χ1v) is 4.26. The molecule has 0 aliphatic heterocycles. The van der Waals surface area contributed by atoms with Gasteiger partial charge in [0.2, 0.25) is 0 Å². The third kappa shape index (κ3) is 6.43. The SMILES string of the molecule is CCC(/C=C\CC(F)(F)F)=C(C)C. The van der Waals surface area contributed by atoms with E-state index in [0.717, 1.165) is 17.6 Å². The molecule has 0 aliphatic carbocycles. The van der Waals surface area contributed by atoms with Crippen LogP contribution in [0.25, 0.3) is 0 Å². The molecule has 0 aliphatic rings. The van der Waals surface area contributed by atoms with Crippen molar-refractivity contribution in [3.05, 3.63) is 23.3 Å². The van der Waals surface area contributed by atoms with Gasteiger partial charge in [-0.3, -0.25) is 0 Å². The number of alkyl halides is 3. The van der Waals surface area contributed by atoms with Gasteiger partial charge in [0.25, 0.3) is 0 Å². The van der Waals surface area contributed by atoms with E-state index in [1.165, 1.54) is 6.08 Å².